The zero-order chi connectivity index (χ0) is 48.9. The van der Waals surface area contributed by atoms with Crippen LogP contribution >= 0.6 is 71.0 Å². The molecule has 69 heavy (non-hydrogen) atoms. The molecule has 10 rings (SSSR count). The van der Waals surface area contributed by atoms with Gasteiger partial charge in [-0.3, -0.25) is 0 Å². The number of halogens is 5. The van der Waals surface area contributed by atoms with Gasteiger partial charge in [0.25, 0.3) is 0 Å². The predicted molar refractivity (Wildman–Crippen MR) is 308 cm³/mol. The van der Waals surface area contributed by atoms with Crippen LogP contribution in [0.25, 0.3) is 33.2 Å². The van der Waals surface area contributed by atoms with Crippen molar-refractivity contribution in [2.24, 2.45) is 0 Å². The number of rotatable bonds is 7. The molecule has 9 heteroatoms. The summed E-state index contributed by atoms with van der Waals surface area (Å²) < 4.78 is 7.45. The molecule has 0 aliphatic rings. The average Bonchev–Trinajstić information content (AvgIpc) is 3.87. The van der Waals surface area contributed by atoms with E-state index in [2.05, 4.69) is 267 Å². The van der Waals surface area contributed by atoms with E-state index >= 15 is 0 Å². The van der Waals surface area contributed by atoms with Gasteiger partial charge in [0.15, 0.2) is 0 Å². The summed E-state index contributed by atoms with van der Waals surface area (Å²) in [5.74, 6) is 0. The molecule has 2 aromatic heterocycles. The molecule has 4 nitrogen and oxygen atoms in total. The van der Waals surface area contributed by atoms with Crippen molar-refractivity contribution in [3.8, 4) is 11.4 Å². The van der Waals surface area contributed by atoms with Gasteiger partial charge < -0.3 is 19.4 Å². The summed E-state index contributed by atoms with van der Waals surface area (Å²) in [4.78, 5) is 2.28. The Morgan fingerprint density at radius 2 is 0.870 bits per heavy atom. The summed E-state index contributed by atoms with van der Waals surface area (Å²) in [6.45, 7) is 13.5. The zero-order valence-electron chi connectivity index (χ0n) is 39.4. The first-order valence-corrected chi connectivity index (χ1v) is 25.8. The first-order chi connectivity index (χ1) is 33.0. The number of hydrogen-bond acceptors (Lipinski definition) is 2. The molecule has 10 aromatic rings. The van der Waals surface area contributed by atoms with Crippen molar-refractivity contribution in [1.29, 1.82) is 0 Å². The Morgan fingerprint density at radius 1 is 0.435 bits per heavy atom. The summed E-state index contributed by atoms with van der Waals surface area (Å²) in [5, 5.41) is 7.45. The van der Waals surface area contributed by atoms with Crippen LogP contribution in [0.4, 0.5) is 28.4 Å². The standard InChI is InChI=1S/C30H26BrClN2.C24H24N2.C6H3Br2Cl/c1-30(2,3)21-14-15-28-27(16-21)29(20-33(28)24-10-6-4-7-11-24)34(25-12-8-5-9-13-25)26-18-22(31)17-23(32)19-26;1-24(2,3)18-14-15-23-21(16-18)22(25-19-10-6-4-7-11-19)17-26(23)20-12-8-5-9-13-20;7-4-1-5(8)3-6(9)2-4/h4-20H,1-3H3;4-17,25H,1-3H3;1-3H. The molecule has 8 aromatic carbocycles. The second-order valence-corrected chi connectivity index (χ2v) is 22.4. The predicted octanol–water partition coefficient (Wildman–Crippen LogP) is 20.4. The molecule has 0 radical (unpaired) electrons. The molecule has 0 spiro atoms. The van der Waals surface area contributed by atoms with Gasteiger partial charge in [-0.2, -0.15) is 0 Å². The fourth-order valence-electron chi connectivity index (χ4n) is 8.13. The van der Waals surface area contributed by atoms with E-state index in [0.717, 1.165) is 58.1 Å². The summed E-state index contributed by atoms with van der Waals surface area (Å²) in [6.07, 6.45) is 4.42. The Kier molecular flexibility index (Phi) is 15.6. The second-order valence-electron chi connectivity index (χ2n) is 18.8. The number of benzene rings is 8. The van der Waals surface area contributed by atoms with Gasteiger partial charge in [0, 0.05) is 75.1 Å². The molecule has 0 bridgehead atoms. The van der Waals surface area contributed by atoms with E-state index in [1.165, 1.54) is 33.1 Å². The van der Waals surface area contributed by atoms with Gasteiger partial charge in [-0.1, -0.05) is 197 Å². The maximum absolute atomic E-state index is 6.51. The second kappa shape index (κ2) is 21.6. The maximum atomic E-state index is 6.51. The molecule has 1 N–H and O–H groups in total. The van der Waals surface area contributed by atoms with Gasteiger partial charge in [-0.15, -0.1) is 0 Å². The van der Waals surface area contributed by atoms with Crippen molar-refractivity contribution in [2.75, 3.05) is 10.2 Å². The van der Waals surface area contributed by atoms with Crippen LogP contribution in [-0.4, -0.2) is 9.13 Å². The lowest BCUT2D eigenvalue weighted by molar-refractivity contribution is 0.591. The quantitative estimate of drug-likeness (QED) is 0.172. The van der Waals surface area contributed by atoms with Crippen LogP contribution in [0.1, 0.15) is 52.7 Å². The van der Waals surface area contributed by atoms with E-state index in [1.54, 1.807) is 0 Å². The van der Waals surface area contributed by atoms with Gasteiger partial charge >= 0.3 is 0 Å². The van der Waals surface area contributed by atoms with E-state index < -0.39 is 0 Å². The molecule has 0 aliphatic carbocycles. The van der Waals surface area contributed by atoms with Gasteiger partial charge in [-0.25, -0.2) is 0 Å². The minimum Gasteiger partial charge on any atom is -0.354 e. The molecule has 2 heterocycles. The highest BCUT2D eigenvalue weighted by atomic mass is 79.9. The monoisotopic (exact) mass is 1140 g/mol. The number of fused-ring (bicyclic) bond motifs is 2. The number of nitrogens with one attached hydrogen (secondary N) is 1. The molecule has 0 saturated heterocycles. The maximum Gasteiger partial charge on any atom is 0.0721 e. The molecular weight excluding hydrogens is 1090 g/mol. The van der Waals surface area contributed by atoms with E-state index in [-0.39, 0.29) is 10.8 Å². The van der Waals surface area contributed by atoms with E-state index in [0.29, 0.717) is 5.02 Å². The molecule has 0 aliphatic heterocycles. The summed E-state index contributed by atoms with van der Waals surface area (Å²) in [7, 11) is 0. The average molecular weight is 1140 g/mol. The van der Waals surface area contributed by atoms with Gasteiger partial charge in [0.1, 0.15) is 0 Å². The molecule has 0 amide bonds. The summed E-state index contributed by atoms with van der Waals surface area (Å²) >= 11 is 22.4. The Hall–Kier alpha value is -5.54. The van der Waals surface area contributed by atoms with E-state index in [1.807, 2.05) is 48.5 Å². The molecule has 0 unspecified atom stereocenters. The van der Waals surface area contributed by atoms with Gasteiger partial charge in [0.05, 0.1) is 22.4 Å². The molecule has 0 saturated carbocycles. The van der Waals surface area contributed by atoms with Crippen molar-refractivity contribution < 1.29 is 0 Å². The van der Waals surface area contributed by atoms with Crippen molar-refractivity contribution in [2.45, 2.75) is 52.4 Å². The highest BCUT2D eigenvalue weighted by Gasteiger charge is 2.23. The topological polar surface area (TPSA) is 25.1 Å². The lowest BCUT2D eigenvalue weighted by Gasteiger charge is -2.26. The number of anilines is 5. The van der Waals surface area contributed by atoms with E-state index in [4.69, 9.17) is 23.2 Å². The molecule has 0 atom stereocenters. The third kappa shape index (κ3) is 12.3. The third-order valence-corrected chi connectivity index (χ3v) is 13.4. The fraction of sp³-hybridized carbons (Fsp3) is 0.133. The minimum atomic E-state index is 0.0387. The van der Waals surface area contributed by atoms with Crippen LogP contribution in [0.5, 0.6) is 0 Å². The van der Waals surface area contributed by atoms with Crippen LogP contribution in [0.2, 0.25) is 10.0 Å². The molecular formula is C60H53Br3Cl2N4. The van der Waals surface area contributed by atoms with Crippen molar-refractivity contribution in [3.63, 3.8) is 0 Å². The summed E-state index contributed by atoms with van der Waals surface area (Å²) in [6, 6.07) is 67.0. The van der Waals surface area contributed by atoms with Gasteiger partial charge in [-0.05, 0) is 131 Å². The van der Waals surface area contributed by atoms with Crippen LogP contribution < -0.4 is 10.2 Å². The number of aromatic nitrogens is 2. The van der Waals surface area contributed by atoms with Crippen LogP contribution in [0.3, 0.4) is 0 Å². The van der Waals surface area contributed by atoms with E-state index in [9.17, 15) is 0 Å². The zero-order valence-corrected chi connectivity index (χ0v) is 45.6. The Bertz CT molecular complexity index is 3250. The number of nitrogens with zero attached hydrogens (tertiary/aromatic N) is 3. The smallest absolute Gasteiger partial charge is 0.0721 e. The number of para-hydroxylation sites is 4. The fourth-order valence-corrected chi connectivity index (χ4v) is 10.8. The lowest BCUT2D eigenvalue weighted by atomic mass is 9.86. The lowest BCUT2D eigenvalue weighted by Crippen LogP contribution is -2.11. The SMILES string of the molecule is CC(C)(C)c1ccc2c(c1)c(N(c1ccccc1)c1cc(Cl)cc(Br)c1)cn2-c1ccccc1.CC(C)(C)c1ccc2c(c1)c(Nc1ccccc1)cn2-c1ccccc1.Clc1cc(Br)cc(Br)c1. The summed E-state index contributed by atoms with van der Waals surface area (Å²) in [5.41, 5.74) is 12.9. The van der Waals surface area contributed by atoms with Gasteiger partial charge in [0.2, 0.25) is 0 Å². The Balaban J connectivity index is 0.000000161. The van der Waals surface area contributed by atoms with Crippen LogP contribution in [0, 0.1) is 0 Å². The normalized spacial score (nSPS) is 11.4. The van der Waals surface area contributed by atoms with Crippen LogP contribution in [0.15, 0.2) is 220 Å². The van der Waals surface area contributed by atoms with Crippen molar-refractivity contribution >= 4 is 121 Å². The molecule has 0 fully saturated rings. The van der Waals surface area contributed by atoms with Crippen LogP contribution in [-0.2, 0) is 10.8 Å². The Morgan fingerprint density at radius 3 is 1.36 bits per heavy atom. The van der Waals surface area contributed by atoms with Crippen molar-refractivity contribution in [1.82, 2.24) is 9.13 Å². The minimum absolute atomic E-state index is 0.0387. The number of hydrogen-bond donors (Lipinski definition) is 1. The van der Waals surface area contributed by atoms with Crippen molar-refractivity contribution in [3.05, 3.63) is 241 Å². The molecule has 348 valence electrons. The Labute approximate surface area is 441 Å². The highest BCUT2D eigenvalue weighted by Crippen LogP contribution is 2.44. The highest BCUT2D eigenvalue weighted by molar-refractivity contribution is 9.11. The first kappa shape index (κ1) is 49.9. The third-order valence-electron chi connectivity index (χ3n) is 11.6. The largest absolute Gasteiger partial charge is 0.354 e. The first-order valence-electron chi connectivity index (χ1n) is 22.7.